The SMILES string of the molecule is O=C(O)CC(CCO)CCCCCOP(=O)(O)O. The van der Waals surface area contributed by atoms with Gasteiger partial charge in [0.25, 0.3) is 0 Å². The maximum absolute atomic E-state index is 10.5. The van der Waals surface area contributed by atoms with Crippen LogP contribution in [0.5, 0.6) is 0 Å². The topological polar surface area (TPSA) is 124 Å². The molecule has 108 valence electrons. The number of phosphoric acid groups is 1. The van der Waals surface area contributed by atoms with E-state index in [1.807, 2.05) is 0 Å². The van der Waals surface area contributed by atoms with Gasteiger partial charge in [0.05, 0.1) is 6.61 Å². The van der Waals surface area contributed by atoms with Crippen molar-refractivity contribution in [1.29, 1.82) is 0 Å². The van der Waals surface area contributed by atoms with Crippen molar-refractivity contribution in [3.8, 4) is 0 Å². The summed E-state index contributed by atoms with van der Waals surface area (Å²) in [7, 11) is -4.37. The summed E-state index contributed by atoms with van der Waals surface area (Å²) < 4.78 is 14.6. The fourth-order valence-corrected chi connectivity index (χ4v) is 2.04. The van der Waals surface area contributed by atoms with Crippen LogP contribution in [0.15, 0.2) is 0 Å². The van der Waals surface area contributed by atoms with Crippen molar-refractivity contribution in [3.05, 3.63) is 0 Å². The van der Waals surface area contributed by atoms with Crippen LogP contribution in [0.25, 0.3) is 0 Å². The van der Waals surface area contributed by atoms with Gasteiger partial charge in [-0.15, -0.1) is 0 Å². The summed E-state index contributed by atoms with van der Waals surface area (Å²) in [5.41, 5.74) is 0. The quantitative estimate of drug-likeness (QED) is 0.331. The van der Waals surface area contributed by atoms with Crippen molar-refractivity contribution in [2.24, 2.45) is 5.92 Å². The minimum atomic E-state index is -4.37. The Morgan fingerprint density at radius 3 is 2.33 bits per heavy atom. The Bertz CT molecular complexity index is 275. The Labute approximate surface area is 106 Å². The van der Waals surface area contributed by atoms with E-state index in [0.29, 0.717) is 25.7 Å². The second-order valence-electron chi connectivity index (χ2n) is 4.15. The molecule has 0 rings (SSSR count). The van der Waals surface area contributed by atoms with Crippen LogP contribution < -0.4 is 0 Å². The highest BCUT2D eigenvalue weighted by Gasteiger charge is 2.14. The summed E-state index contributed by atoms with van der Waals surface area (Å²) in [5, 5.41) is 17.4. The molecule has 0 aliphatic carbocycles. The van der Waals surface area contributed by atoms with Gasteiger partial charge in [0.15, 0.2) is 0 Å². The van der Waals surface area contributed by atoms with E-state index in [9.17, 15) is 9.36 Å². The highest BCUT2D eigenvalue weighted by molar-refractivity contribution is 7.46. The lowest BCUT2D eigenvalue weighted by molar-refractivity contribution is -0.138. The second-order valence-corrected chi connectivity index (χ2v) is 5.39. The van der Waals surface area contributed by atoms with E-state index in [1.54, 1.807) is 0 Å². The zero-order valence-electron chi connectivity index (χ0n) is 10.2. The van der Waals surface area contributed by atoms with Crippen LogP contribution in [0.3, 0.4) is 0 Å². The van der Waals surface area contributed by atoms with Crippen LogP contribution in [0.4, 0.5) is 0 Å². The first-order chi connectivity index (χ1) is 8.35. The van der Waals surface area contributed by atoms with Crippen LogP contribution >= 0.6 is 7.82 Å². The molecule has 0 saturated heterocycles. The Balaban J connectivity index is 3.60. The molecule has 0 heterocycles. The summed E-state index contributed by atoms with van der Waals surface area (Å²) in [5.74, 6) is -0.923. The number of aliphatic hydroxyl groups is 1. The number of aliphatic carboxylic acids is 1. The van der Waals surface area contributed by atoms with Gasteiger partial charge in [-0.25, -0.2) is 4.57 Å². The normalized spacial score (nSPS) is 13.5. The first-order valence-electron chi connectivity index (χ1n) is 5.88. The zero-order valence-corrected chi connectivity index (χ0v) is 11.1. The number of unbranched alkanes of at least 4 members (excludes halogenated alkanes) is 2. The highest BCUT2D eigenvalue weighted by atomic mass is 31.2. The summed E-state index contributed by atoms with van der Waals surface area (Å²) >= 11 is 0. The first kappa shape index (κ1) is 17.5. The molecule has 7 nitrogen and oxygen atoms in total. The lowest BCUT2D eigenvalue weighted by Crippen LogP contribution is -2.09. The standard InChI is InChI=1S/C10H21O7P/c11-6-5-9(8-10(12)13)4-2-1-3-7-17-18(14,15)16/h9,11H,1-8H2,(H,12,13)(H2,14,15,16). The third kappa shape index (κ3) is 12.0. The summed E-state index contributed by atoms with van der Waals surface area (Å²) in [6, 6.07) is 0. The number of phosphoric ester groups is 1. The highest BCUT2D eigenvalue weighted by Crippen LogP contribution is 2.35. The second kappa shape index (κ2) is 9.47. The van der Waals surface area contributed by atoms with E-state index in [-0.39, 0.29) is 25.6 Å². The number of aliphatic hydroxyl groups excluding tert-OH is 1. The minimum Gasteiger partial charge on any atom is -0.481 e. The maximum atomic E-state index is 10.5. The molecule has 0 radical (unpaired) electrons. The van der Waals surface area contributed by atoms with Crippen LogP contribution in [0.2, 0.25) is 0 Å². The van der Waals surface area contributed by atoms with E-state index in [0.717, 1.165) is 6.42 Å². The number of hydrogen-bond acceptors (Lipinski definition) is 4. The van der Waals surface area contributed by atoms with Gasteiger partial charge in [-0.05, 0) is 25.2 Å². The van der Waals surface area contributed by atoms with Gasteiger partial charge in [0, 0.05) is 13.0 Å². The summed E-state index contributed by atoms with van der Waals surface area (Å²) in [4.78, 5) is 27.4. The first-order valence-corrected chi connectivity index (χ1v) is 7.41. The van der Waals surface area contributed by atoms with E-state index in [1.165, 1.54) is 0 Å². The smallest absolute Gasteiger partial charge is 0.469 e. The number of carboxylic acid groups (broad SMARTS) is 1. The molecular formula is C10H21O7P. The van der Waals surface area contributed by atoms with Gasteiger partial charge in [0.1, 0.15) is 0 Å². The van der Waals surface area contributed by atoms with E-state index < -0.39 is 13.8 Å². The molecule has 0 saturated carbocycles. The molecule has 0 bridgehead atoms. The molecular weight excluding hydrogens is 263 g/mol. The Morgan fingerprint density at radius 1 is 1.17 bits per heavy atom. The average Bonchev–Trinajstić information content (AvgIpc) is 2.21. The molecule has 0 fully saturated rings. The van der Waals surface area contributed by atoms with Crippen molar-refractivity contribution in [2.45, 2.75) is 38.5 Å². The number of rotatable bonds is 11. The lowest BCUT2D eigenvalue weighted by Gasteiger charge is -2.13. The Morgan fingerprint density at radius 2 is 1.83 bits per heavy atom. The number of carbonyl (C=O) groups is 1. The molecule has 1 atom stereocenters. The molecule has 0 aromatic carbocycles. The molecule has 0 spiro atoms. The van der Waals surface area contributed by atoms with Crippen molar-refractivity contribution in [3.63, 3.8) is 0 Å². The molecule has 8 heteroatoms. The van der Waals surface area contributed by atoms with Crippen LogP contribution in [0.1, 0.15) is 38.5 Å². The minimum absolute atomic E-state index is 0.00608. The van der Waals surface area contributed by atoms with Gasteiger partial charge in [0.2, 0.25) is 0 Å². The molecule has 18 heavy (non-hydrogen) atoms. The Kier molecular flexibility index (Phi) is 9.23. The Hall–Kier alpha value is -0.460. The third-order valence-electron chi connectivity index (χ3n) is 2.52. The predicted molar refractivity (Wildman–Crippen MR) is 63.9 cm³/mol. The number of hydrogen-bond donors (Lipinski definition) is 4. The lowest BCUT2D eigenvalue weighted by atomic mass is 9.95. The molecule has 0 amide bonds. The van der Waals surface area contributed by atoms with E-state index in [4.69, 9.17) is 20.0 Å². The van der Waals surface area contributed by atoms with Gasteiger partial charge in [-0.3, -0.25) is 9.32 Å². The maximum Gasteiger partial charge on any atom is 0.469 e. The largest absolute Gasteiger partial charge is 0.481 e. The van der Waals surface area contributed by atoms with E-state index in [2.05, 4.69) is 4.52 Å². The van der Waals surface area contributed by atoms with Gasteiger partial charge >= 0.3 is 13.8 Å². The molecule has 0 aliphatic rings. The van der Waals surface area contributed by atoms with Crippen molar-refractivity contribution in [1.82, 2.24) is 0 Å². The van der Waals surface area contributed by atoms with Crippen molar-refractivity contribution < 1.29 is 33.9 Å². The van der Waals surface area contributed by atoms with Gasteiger partial charge < -0.3 is 20.0 Å². The van der Waals surface area contributed by atoms with Gasteiger partial charge in [-0.1, -0.05) is 12.8 Å². The zero-order chi connectivity index (χ0) is 14.0. The van der Waals surface area contributed by atoms with Crippen LogP contribution in [-0.4, -0.2) is 39.2 Å². The predicted octanol–water partition coefficient (Wildman–Crippen LogP) is 1.13. The monoisotopic (exact) mass is 284 g/mol. The third-order valence-corrected chi connectivity index (χ3v) is 3.04. The fourth-order valence-electron chi connectivity index (χ4n) is 1.67. The van der Waals surface area contributed by atoms with Crippen LogP contribution in [-0.2, 0) is 13.9 Å². The molecule has 0 aromatic rings. The molecule has 0 aromatic heterocycles. The van der Waals surface area contributed by atoms with Crippen molar-refractivity contribution >= 4 is 13.8 Å². The fraction of sp³-hybridized carbons (Fsp3) is 0.900. The van der Waals surface area contributed by atoms with E-state index >= 15 is 0 Å². The molecule has 0 aliphatic heterocycles. The number of carboxylic acids is 1. The van der Waals surface area contributed by atoms with Crippen molar-refractivity contribution in [2.75, 3.05) is 13.2 Å². The summed E-state index contributed by atoms with van der Waals surface area (Å²) in [6.07, 6.45) is 3.17. The molecule has 1 unspecified atom stereocenters. The average molecular weight is 284 g/mol. The van der Waals surface area contributed by atoms with Gasteiger partial charge in [-0.2, -0.15) is 0 Å². The summed E-state index contributed by atoms with van der Waals surface area (Å²) in [6.45, 7) is -0.0346. The van der Waals surface area contributed by atoms with Crippen LogP contribution in [0, 0.1) is 5.92 Å². The molecule has 4 N–H and O–H groups in total.